The first-order valence-corrected chi connectivity index (χ1v) is 9.78. The number of fused-ring (bicyclic) bond motifs is 5. The van der Waals surface area contributed by atoms with Gasteiger partial charge in [0.05, 0.1) is 19.7 Å². The largest absolute Gasteiger partial charge is 0.478 e. The number of aliphatic carboxylic acids is 2. The fourth-order valence-corrected chi connectivity index (χ4v) is 4.93. The first kappa shape index (κ1) is 20.1. The fraction of sp³-hybridized carbons (Fsp3) is 0.304. The van der Waals surface area contributed by atoms with Gasteiger partial charge in [-0.2, -0.15) is 0 Å². The molecule has 1 saturated heterocycles. The molecule has 0 aromatic heterocycles. The third-order valence-electron chi connectivity index (χ3n) is 6.32. The summed E-state index contributed by atoms with van der Waals surface area (Å²) in [6, 6.07) is 13.1. The van der Waals surface area contributed by atoms with Crippen LogP contribution in [-0.4, -0.2) is 51.9 Å². The van der Waals surface area contributed by atoms with Gasteiger partial charge in [0.2, 0.25) is 5.70 Å². The number of carboxylic acids is 2. The Hall–Kier alpha value is -3.16. The first-order chi connectivity index (χ1) is 14.2. The van der Waals surface area contributed by atoms with Crippen molar-refractivity contribution >= 4 is 11.9 Å². The highest BCUT2D eigenvalue weighted by Gasteiger charge is 2.55. The normalized spacial score (nSPS) is 27.7. The van der Waals surface area contributed by atoms with E-state index >= 15 is 0 Å². The van der Waals surface area contributed by atoms with Crippen LogP contribution in [0.15, 0.2) is 54.2 Å². The highest BCUT2D eigenvalue weighted by atomic mass is 16.5. The number of likely N-dealkylation sites (N-methyl/N-ethyl adjacent to an activating group) is 1. The SMILES string of the molecule is Cc1cccc2c1Oc1ccccc1[C@@H]1CC[N+](C)(/C(=C\C(=O)O)C(=O)O)C[C@]21O. The van der Waals surface area contributed by atoms with Gasteiger partial charge in [0, 0.05) is 23.5 Å². The lowest BCUT2D eigenvalue weighted by Crippen LogP contribution is -2.60. The van der Waals surface area contributed by atoms with E-state index in [1.807, 2.05) is 43.3 Å². The molecule has 1 fully saturated rings. The van der Waals surface area contributed by atoms with Crippen molar-refractivity contribution in [3.8, 4) is 11.5 Å². The Balaban J connectivity index is 1.93. The Bertz CT molecular complexity index is 1080. The number of aryl methyl sites for hydroxylation is 1. The molecule has 3 atom stereocenters. The number of quaternary nitrogens is 1. The number of aliphatic hydroxyl groups is 1. The summed E-state index contributed by atoms with van der Waals surface area (Å²) in [4.78, 5) is 23.2. The van der Waals surface area contributed by atoms with E-state index in [-0.39, 0.29) is 22.6 Å². The van der Waals surface area contributed by atoms with Gasteiger partial charge in [-0.25, -0.2) is 9.59 Å². The maximum Gasteiger partial charge on any atom is 0.390 e. The molecule has 0 bridgehead atoms. The maximum atomic E-state index is 12.1. The summed E-state index contributed by atoms with van der Waals surface area (Å²) in [6.07, 6.45) is 1.19. The number of carbonyl (C=O) groups is 2. The van der Waals surface area contributed by atoms with Gasteiger partial charge in [-0.05, 0) is 18.6 Å². The number of rotatable bonds is 3. The van der Waals surface area contributed by atoms with E-state index < -0.39 is 17.5 Å². The third-order valence-corrected chi connectivity index (χ3v) is 6.32. The number of hydrogen-bond donors (Lipinski definition) is 3. The number of likely N-dealkylation sites (tertiary alicyclic amines) is 1. The second-order valence-electron chi connectivity index (χ2n) is 8.31. The van der Waals surface area contributed by atoms with Crippen LogP contribution in [0.5, 0.6) is 11.5 Å². The van der Waals surface area contributed by atoms with Crippen LogP contribution >= 0.6 is 0 Å². The molecule has 1 unspecified atom stereocenters. The molecule has 0 amide bonds. The summed E-state index contributed by atoms with van der Waals surface area (Å²) in [5, 5.41) is 31.1. The van der Waals surface area contributed by atoms with Crippen LogP contribution in [0.1, 0.15) is 29.0 Å². The zero-order valence-corrected chi connectivity index (χ0v) is 16.8. The molecular formula is C23H24NO6+. The van der Waals surface area contributed by atoms with Crippen molar-refractivity contribution < 1.29 is 34.1 Å². The summed E-state index contributed by atoms with van der Waals surface area (Å²) in [5.74, 6) is -1.72. The van der Waals surface area contributed by atoms with Gasteiger partial charge in [0.25, 0.3) is 0 Å². The Morgan fingerprint density at radius 3 is 2.60 bits per heavy atom. The molecule has 7 nitrogen and oxygen atoms in total. The van der Waals surface area contributed by atoms with Crippen molar-refractivity contribution in [1.82, 2.24) is 0 Å². The standard InChI is InChI=1S/C23H23NO6/c1-14-6-5-8-17-21(14)30-19-9-4-3-7-15(19)16-10-11-24(2,13-23(16,17)29)18(22(27)28)12-20(25)26/h3-9,12,16,29H,10-11,13H2,1-2H3,(H-,25,26,27,28)/p+1/b18-12-/t16-,23+,24?/m0/s1. The first-order valence-electron chi connectivity index (χ1n) is 9.78. The quantitative estimate of drug-likeness (QED) is 0.531. The monoisotopic (exact) mass is 410 g/mol. The van der Waals surface area contributed by atoms with Crippen molar-refractivity contribution in [1.29, 1.82) is 0 Å². The third kappa shape index (κ3) is 3.07. The van der Waals surface area contributed by atoms with Gasteiger partial charge < -0.3 is 20.1 Å². The van der Waals surface area contributed by atoms with Gasteiger partial charge >= 0.3 is 11.9 Å². The molecule has 2 aliphatic heterocycles. The molecule has 2 aliphatic rings. The van der Waals surface area contributed by atoms with E-state index in [1.54, 1.807) is 13.1 Å². The number of piperidine rings is 1. The average Bonchev–Trinajstić information content (AvgIpc) is 2.78. The molecular weight excluding hydrogens is 386 g/mol. The molecule has 0 radical (unpaired) electrons. The second-order valence-corrected chi connectivity index (χ2v) is 8.31. The summed E-state index contributed by atoms with van der Waals surface area (Å²) in [6.45, 7) is 2.28. The van der Waals surface area contributed by atoms with Crippen LogP contribution in [0.3, 0.4) is 0 Å². The highest BCUT2D eigenvalue weighted by Crippen LogP contribution is 2.54. The summed E-state index contributed by atoms with van der Waals surface area (Å²) >= 11 is 0. The summed E-state index contributed by atoms with van der Waals surface area (Å²) < 4.78 is 6.03. The van der Waals surface area contributed by atoms with Gasteiger partial charge in [-0.15, -0.1) is 0 Å². The molecule has 30 heavy (non-hydrogen) atoms. The van der Waals surface area contributed by atoms with E-state index in [0.717, 1.165) is 17.2 Å². The minimum Gasteiger partial charge on any atom is -0.478 e. The van der Waals surface area contributed by atoms with Crippen LogP contribution in [0, 0.1) is 6.92 Å². The van der Waals surface area contributed by atoms with E-state index in [4.69, 9.17) is 4.74 Å². The minimum absolute atomic E-state index is 0.0111. The van der Waals surface area contributed by atoms with Gasteiger partial charge in [-0.1, -0.05) is 36.4 Å². The number of nitrogens with zero attached hydrogens (tertiary/aromatic N) is 1. The second kappa shape index (κ2) is 6.97. The Morgan fingerprint density at radius 1 is 1.17 bits per heavy atom. The predicted octanol–water partition coefficient (Wildman–Crippen LogP) is 2.98. The lowest BCUT2D eigenvalue weighted by molar-refractivity contribution is -0.883. The van der Waals surface area contributed by atoms with Crippen LogP contribution in [0.25, 0.3) is 0 Å². The van der Waals surface area contributed by atoms with Crippen LogP contribution in [0.4, 0.5) is 0 Å². The summed E-state index contributed by atoms with van der Waals surface area (Å²) in [7, 11) is 1.66. The lowest BCUT2D eigenvalue weighted by Gasteiger charge is -2.48. The maximum absolute atomic E-state index is 12.1. The van der Waals surface area contributed by atoms with E-state index in [0.29, 0.717) is 30.0 Å². The molecule has 156 valence electrons. The predicted molar refractivity (Wildman–Crippen MR) is 108 cm³/mol. The number of carboxylic acid groups (broad SMARTS) is 2. The highest BCUT2D eigenvalue weighted by molar-refractivity contribution is 5.92. The number of ether oxygens (including phenoxy) is 1. The molecule has 2 aromatic rings. The van der Waals surface area contributed by atoms with E-state index in [9.17, 15) is 24.9 Å². The van der Waals surface area contributed by atoms with Crippen LogP contribution in [-0.2, 0) is 15.2 Å². The van der Waals surface area contributed by atoms with Crippen molar-refractivity contribution in [3.63, 3.8) is 0 Å². The molecule has 0 saturated carbocycles. The van der Waals surface area contributed by atoms with Gasteiger partial charge in [0.1, 0.15) is 23.6 Å². The lowest BCUT2D eigenvalue weighted by atomic mass is 9.71. The van der Waals surface area contributed by atoms with Gasteiger partial charge in [-0.3, -0.25) is 4.48 Å². The van der Waals surface area contributed by atoms with Crippen LogP contribution in [0.2, 0.25) is 0 Å². The Kier molecular flexibility index (Phi) is 4.67. The van der Waals surface area contributed by atoms with Crippen molar-refractivity contribution in [2.24, 2.45) is 0 Å². The molecule has 2 heterocycles. The van der Waals surface area contributed by atoms with Crippen molar-refractivity contribution in [2.75, 3.05) is 20.1 Å². The zero-order chi connectivity index (χ0) is 21.7. The minimum atomic E-state index is -1.44. The summed E-state index contributed by atoms with van der Waals surface area (Å²) in [5.41, 5.74) is 0.611. The van der Waals surface area contributed by atoms with Crippen molar-refractivity contribution in [2.45, 2.75) is 24.9 Å². The van der Waals surface area contributed by atoms with Gasteiger partial charge in [0.15, 0.2) is 0 Å². The Labute approximate surface area is 174 Å². The molecule has 4 rings (SSSR count). The van der Waals surface area contributed by atoms with E-state index in [2.05, 4.69) is 0 Å². The number of hydrogen-bond acceptors (Lipinski definition) is 4. The Morgan fingerprint density at radius 2 is 1.90 bits per heavy atom. The smallest absolute Gasteiger partial charge is 0.390 e. The topological polar surface area (TPSA) is 104 Å². The van der Waals surface area contributed by atoms with Crippen LogP contribution < -0.4 is 4.74 Å². The zero-order valence-electron chi connectivity index (χ0n) is 16.8. The number of para-hydroxylation sites is 2. The fourth-order valence-electron chi connectivity index (χ4n) is 4.93. The van der Waals surface area contributed by atoms with Crippen molar-refractivity contribution in [3.05, 3.63) is 70.9 Å². The number of benzene rings is 2. The average molecular weight is 410 g/mol. The molecule has 2 aromatic carbocycles. The molecule has 3 N–H and O–H groups in total. The molecule has 0 aliphatic carbocycles. The van der Waals surface area contributed by atoms with E-state index in [1.165, 1.54) is 0 Å². The molecule has 7 heteroatoms. The molecule has 0 spiro atoms.